The average Bonchev–Trinajstić information content (AvgIpc) is 2.66. The van der Waals surface area contributed by atoms with E-state index in [1.165, 1.54) is 6.07 Å². The number of nitro groups is 1. The van der Waals surface area contributed by atoms with Crippen molar-refractivity contribution in [2.24, 2.45) is 0 Å². The molecule has 1 aliphatic rings. The van der Waals surface area contributed by atoms with Gasteiger partial charge >= 0.3 is 5.97 Å². The molecular formula is C21H16N2O4. The van der Waals surface area contributed by atoms with Gasteiger partial charge in [-0.25, -0.2) is 9.78 Å². The first kappa shape index (κ1) is 16.9. The number of carboxylic acid groups (broad SMARTS) is 1. The number of carboxylic acids is 1. The van der Waals surface area contributed by atoms with Crippen molar-refractivity contribution in [3.63, 3.8) is 0 Å². The number of hydrogen-bond acceptors (Lipinski definition) is 4. The molecule has 6 heteroatoms. The largest absolute Gasteiger partial charge is 0.478 e. The molecule has 27 heavy (non-hydrogen) atoms. The molecule has 3 aromatic rings. The van der Waals surface area contributed by atoms with E-state index in [0.717, 1.165) is 12.0 Å². The molecule has 0 aliphatic heterocycles. The Kier molecular flexibility index (Phi) is 4.16. The van der Waals surface area contributed by atoms with E-state index in [1.807, 2.05) is 6.07 Å². The number of pyridine rings is 1. The average molecular weight is 360 g/mol. The SMILES string of the molecule is O=C(O)c1c2c(nc3ccccc13)/C(=C/c1ccccc1[N+](=O)[O-])CCC2. The number of para-hydroxylation sites is 2. The highest BCUT2D eigenvalue weighted by Crippen LogP contribution is 2.37. The molecule has 0 unspecified atom stereocenters. The van der Waals surface area contributed by atoms with Gasteiger partial charge in [0.05, 0.1) is 27.3 Å². The molecule has 0 saturated heterocycles. The first-order valence-electron chi connectivity index (χ1n) is 8.65. The standard InChI is InChI=1S/C21H16N2O4/c24-21(25)19-15-8-2-3-10-17(15)22-20-14(7-5-9-16(19)20)12-13-6-1-4-11-18(13)23(26)27/h1-4,6,8,10-12H,5,7,9H2,(H,24,25)/b14-12+. The molecule has 0 saturated carbocycles. The second-order valence-electron chi connectivity index (χ2n) is 6.48. The summed E-state index contributed by atoms with van der Waals surface area (Å²) in [6, 6.07) is 13.7. The normalized spacial score (nSPS) is 14.9. The molecule has 6 nitrogen and oxygen atoms in total. The highest BCUT2D eigenvalue weighted by atomic mass is 16.6. The van der Waals surface area contributed by atoms with Gasteiger partial charge < -0.3 is 5.11 Å². The van der Waals surface area contributed by atoms with E-state index in [-0.39, 0.29) is 11.3 Å². The van der Waals surface area contributed by atoms with E-state index >= 15 is 0 Å². The van der Waals surface area contributed by atoms with Crippen LogP contribution in [0.1, 0.15) is 40.0 Å². The Morgan fingerprint density at radius 3 is 2.63 bits per heavy atom. The highest BCUT2D eigenvalue weighted by molar-refractivity contribution is 6.06. The fourth-order valence-corrected chi connectivity index (χ4v) is 3.68. The third-order valence-corrected chi connectivity index (χ3v) is 4.85. The summed E-state index contributed by atoms with van der Waals surface area (Å²) in [7, 11) is 0. The number of nitrogens with zero attached hydrogens (tertiary/aromatic N) is 2. The predicted octanol–water partition coefficient (Wildman–Crippen LogP) is 4.72. The van der Waals surface area contributed by atoms with Crippen molar-refractivity contribution in [1.29, 1.82) is 0 Å². The van der Waals surface area contributed by atoms with Crippen LogP contribution in [0, 0.1) is 10.1 Å². The Balaban J connectivity index is 1.97. The number of carbonyl (C=O) groups is 1. The van der Waals surface area contributed by atoms with Crippen molar-refractivity contribution >= 4 is 34.2 Å². The van der Waals surface area contributed by atoms with Gasteiger partial charge in [-0.1, -0.05) is 30.3 Å². The summed E-state index contributed by atoms with van der Waals surface area (Å²) in [5.41, 5.74) is 3.59. The number of hydrogen-bond donors (Lipinski definition) is 1. The summed E-state index contributed by atoms with van der Waals surface area (Å²) in [6.45, 7) is 0. The van der Waals surface area contributed by atoms with Crippen molar-refractivity contribution in [2.75, 3.05) is 0 Å². The van der Waals surface area contributed by atoms with Gasteiger partial charge in [-0.05, 0) is 48.6 Å². The number of nitro benzene ring substituents is 1. The summed E-state index contributed by atoms with van der Waals surface area (Å²) < 4.78 is 0. The van der Waals surface area contributed by atoms with E-state index in [0.29, 0.717) is 40.6 Å². The Labute approximate surface area is 154 Å². The van der Waals surface area contributed by atoms with Crippen molar-refractivity contribution in [3.05, 3.63) is 81.0 Å². The molecule has 0 bridgehead atoms. The summed E-state index contributed by atoms with van der Waals surface area (Å²) in [5.74, 6) is -0.975. The molecule has 0 atom stereocenters. The number of fused-ring (bicyclic) bond motifs is 2. The number of rotatable bonds is 3. The zero-order valence-electron chi connectivity index (χ0n) is 14.4. The molecule has 2 aromatic carbocycles. The fraction of sp³-hybridized carbons (Fsp3) is 0.143. The van der Waals surface area contributed by atoms with E-state index in [2.05, 4.69) is 0 Å². The zero-order chi connectivity index (χ0) is 19.0. The Morgan fingerprint density at radius 1 is 1.11 bits per heavy atom. The topological polar surface area (TPSA) is 93.3 Å². The zero-order valence-corrected chi connectivity index (χ0v) is 14.4. The molecule has 0 radical (unpaired) electrons. The van der Waals surface area contributed by atoms with E-state index < -0.39 is 10.9 Å². The second kappa shape index (κ2) is 6.64. The van der Waals surface area contributed by atoms with Gasteiger partial charge in [0, 0.05) is 11.5 Å². The Bertz CT molecular complexity index is 1120. The highest BCUT2D eigenvalue weighted by Gasteiger charge is 2.25. The molecule has 134 valence electrons. The minimum Gasteiger partial charge on any atom is -0.478 e. The molecule has 0 spiro atoms. The van der Waals surface area contributed by atoms with Crippen LogP contribution < -0.4 is 0 Å². The van der Waals surface area contributed by atoms with E-state index in [4.69, 9.17) is 4.98 Å². The van der Waals surface area contributed by atoms with Crippen LogP contribution in [0.3, 0.4) is 0 Å². The van der Waals surface area contributed by atoms with Crippen LogP contribution in [0.5, 0.6) is 0 Å². The quantitative estimate of drug-likeness (QED) is 0.539. The van der Waals surface area contributed by atoms with Crippen molar-refractivity contribution in [2.45, 2.75) is 19.3 Å². The van der Waals surface area contributed by atoms with Crippen molar-refractivity contribution in [1.82, 2.24) is 4.98 Å². The lowest BCUT2D eigenvalue weighted by Crippen LogP contribution is -2.13. The molecule has 1 aromatic heterocycles. The maximum atomic E-state index is 12.0. The summed E-state index contributed by atoms with van der Waals surface area (Å²) in [4.78, 5) is 27.6. The van der Waals surface area contributed by atoms with Gasteiger partial charge in [0.15, 0.2) is 0 Å². The predicted molar refractivity (Wildman–Crippen MR) is 103 cm³/mol. The third kappa shape index (κ3) is 2.95. The molecule has 0 amide bonds. The van der Waals surface area contributed by atoms with Gasteiger partial charge in [-0.3, -0.25) is 10.1 Å². The third-order valence-electron chi connectivity index (χ3n) is 4.85. The lowest BCUT2D eigenvalue weighted by Gasteiger charge is -2.21. The maximum Gasteiger partial charge on any atom is 0.336 e. The molecule has 4 rings (SSSR count). The van der Waals surface area contributed by atoms with Crippen LogP contribution in [-0.2, 0) is 6.42 Å². The lowest BCUT2D eigenvalue weighted by molar-refractivity contribution is -0.385. The molecule has 1 aliphatic carbocycles. The summed E-state index contributed by atoms with van der Waals surface area (Å²) >= 11 is 0. The van der Waals surface area contributed by atoms with E-state index in [9.17, 15) is 20.0 Å². The first-order chi connectivity index (χ1) is 13.1. The number of aromatic nitrogens is 1. The van der Waals surface area contributed by atoms with Crippen LogP contribution in [-0.4, -0.2) is 21.0 Å². The fourth-order valence-electron chi connectivity index (χ4n) is 3.68. The molecule has 0 fully saturated rings. The molecular weight excluding hydrogens is 344 g/mol. The van der Waals surface area contributed by atoms with Crippen LogP contribution in [0.25, 0.3) is 22.6 Å². The number of benzene rings is 2. The minimum absolute atomic E-state index is 0.0244. The van der Waals surface area contributed by atoms with Gasteiger partial charge in [0.1, 0.15) is 0 Å². The number of aromatic carboxylic acids is 1. The Morgan fingerprint density at radius 2 is 1.85 bits per heavy atom. The smallest absolute Gasteiger partial charge is 0.336 e. The summed E-state index contributed by atoms with van der Waals surface area (Å²) in [6.07, 6.45) is 3.87. The van der Waals surface area contributed by atoms with Crippen LogP contribution >= 0.6 is 0 Å². The van der Waals surface area contributed by atoms with Crippen LogP contribution in [0.2, 0.25) is 0 Å². The Hall–Kier alpha value is -3.54. The van der Waals surface area contributed by atoms with Crippen LogP contribution in [0.4, 0.5) is 5.69 Å². The van der Waals surface area contributed by atoms with Crippen LogP contribution in [0.15, 0.2) is 48.5 Å². The monoisotopic (exact) mass is 360 g/mol. The second-order valence-corrected chi connectivity index (χ2v) is 6.48. The van der Waals surface area contributed by atoms with Crippen molar-refractivity contribution < 1.29 is 14.8 Å². The molecule has 1 N–H and O–H groups in total. The number of allylic oxidation sites excluding steroid dienone is 1. The summed E-state index contributed by atoms with van der Waals surface area (Å²) in [5, 5.41) is 21.7. The first-order valence-corrected chi connectivity index (χ1v) is 8.65. The van der Waals surface area contributed by atoms with E-state index in [1.54, 1.807) is 42.5 Å². The minimum atomic E-state index is -0.975. The van der Waals surface area contributed by atoms with Gasteiger partial charge in [0.2, 0.25) is 0 Å². The maximum absolute atomic E-state index is 12.0. The van der Waals surface area contributed by atoms with Gasteiger partial charge in [-0.15, -0.1) is 0 Å². The lowest BCUT2D eigenvalue weighted by atomic mass is 9.86. The van der Waals surface area contributed by atoms with Gasteiger partial charge in [0.25, 0.3) is 5.69 Å². The van der Waals surface area contributed by atoms with Gasteiger partial charge in [-0.2, -0.15) is 0 Å². The van der Waals surface area contributed by atoms with Crippen molar-refractivity contribution in [3.8, 4) is 0 Å². The molecule has 1 heterocycles.